The van der Waals surface area contributed by atoms with Crippen LogP contribution in [0.5, 0.6) is 0 Å². The van der Waals surface area contributed by atoms with Gasteiger partial charge < -0.3 is 20.8 Å². The molecule has 0 aromatic heterocycles. The van der Waals surface area contributed by atoms with Crippen molar-refractivity contribution in [1.82, 2.24) is 5.32 Å². The maximum absolute atomic E-state index is 13.9. The molecule has 0 saturated heterocycles. The molecule has 124 valence electrons. The van der Waals surface area contributed by atoms with Crippen LogP contribution in [0.2, 0.25) is 0 Å². The number of fused-ring (bicyclic) bond motifs is 1. The Balaban J connectivity index is 1.55. The number of carboxylic acid groups (broad SMARTS) is 1. The molecule has 0 radical (unpaired) electrons. The standard InChI is InChI=1S/C16H19FN2O4/c1-8-2-11(17)10-4-13(19-12(10)3-8)14(20)18-7-16(23)5-9(6-16)15(21)22/h2-3,9,13,19,23H,4-7H2,1H3,(H,18,20)(H,21,22). The Labute approximate surface area is 132 Å². The molecule has 2 aliphatic rings. The number of aliphatic carboxylic acids is 1. The van der Waals surface area contributed by atoms with Gasteiger partial charge in [0.2, 0.25) is 5.91 Å². The number of hydrogen-bond donors (Lipinski definition) is 4. The first-order valence-electron chi connectivity index (χ1n) is 7.56. The van der Waals surface area contributed by atoms with E-state index in [2.05, 4.69) is 10.6 Å². The van der Waals surface area contributed by atoms with Gasteiger partial charge >= 0.3 is 5.97 Å². The molecule has 1 fully saturated rings. The summed E-state index contributed by atoms with van der Waals surface area (Å²) >= 11 is 0. The number of nitrogens with one attached hydrogen (secondary N) is 2. The van der Waals surface area contributed by atoms with E-state index in [1.165, 1.54) is 6.07 Å². The van der Waals surface area contributed by atoms with E-state index in [1.807, 2.05) is 0 Å². The Hall–Kier alpha value is -2.15. The van der Waals surface area contributed by atoms with Crippen LogP contribution in [0.4, 0.5) is 10.1 Å². The normalized spacial score (nSPS) is 28.5. The van der Waals surface area contributed by atoms with Gasteiger partial charge in [-0.1, -0.05) is 0 Å². The summed E-state index contributed by atoms with van der Waals surface area (Å²) in [6.07, 6.45) is 0.521. The van der Waals surface area contributed by atoms with Crippen molar-refractivity contribution in [3.8, 4) is 0 Å². The summed E-state index contributed by atoms with van der Waals surface area (Å²) in [7, 11) is 0. The number of halogens is 1. The monoisotopic (exact) mass is 322 g/mol. The molecule has 1 aliphatic heterocycles. The number of carboxylic acids is 1. The molecule has 7 heteroatoms. The predicted octanol–water partition coefficient (Wildman–Crippen LogP) is 0.813. The van der Waals surface area contributed by atoms with Crippen molar-refractivity contribution in [2.45, 2.75) is 37.8 Å². The van der Waals surface area contributed by atoms with Gasteiger partial charge in [-0.15, -0.1) is 0 Å². The molecule has 1 aliphatic carbocycles. The minimum atomic E-state index is -1.16. The molecule has 1 amide bonds. The largest absolute Gasteiger partial charge is 0.481 e. The van der Waals surface area contributed by atoms with Gasteiger partial charge in [-0.2, -0.15) is 0 Å². The van der Waals surface area contributed by atoms with E-state index in [1.54, 1.807) is 13.0 Å². The molecule has 1 aromatic carbocycles. The lowest BCUT2D eigenvalue weighted by Crippen LogP contribution is -2.55. The highest BCUT2D eigenvalue weighted by molar-refractivity contribution is 5.87. The lowest BCUT2D eigenvalue weighted by molar-refractivity contribution is -0.158. The summed E-state index contributed by atoms with van der Waals surface area (Å²) in [5.41, 5.74) is 0.727. The Morgan fingerprint density at radius 2 is 2.13 bits per heavy atom. The molecular formula is C16H19FN2O4. The lowest BCUT2D eigenvalue weighted by atomic mass is 9.71. The van der Waals surface area contributed by atoms with E-state index in [4.69, 9.17) is 5.11 Å². The summed E-state index contributed by atoms with van der Waals surface area (Å²) in [5.74, 6) is -2.14. The van der Waals surface area contributed by atoms with Crippen molar-refractivity contribution in [3.63, 3.8) is 0 Å². The fourth-order valence-corrected chi connectivity index (χ4v) is 3.26. The third kappa shape index (κ3) is 3.01. The average Bonchev–Trinajstić information content (AvgIpc) is 2.85. The van der Waals surface area contributed by atoms with E-state index in [0.29, 0.717) is 11.3 Å². The molecular weight excluding hydrogens is 303 g/mol. The van der Waals surface area contributed by atoms with E-state index in [0.717, 1.165) is 5.56 Å². The van der Waals surface area contributed by atoms with Crippen molar-refractivity contribution in [2.24, 2.45) is 5.92 Å². The zero-order valence-corrected chi connectivity index (χ0v) is 12.7. The van der Waals surface area contributed by atoms with E-state index in [-0.39, 0.29) is 37.5 Å². The third-order valence-corrected chi connectivity index (χ3v) is 4.59. The molecule has 0 spiro atoms. The van der Waals surface area contributed by atoms with Gasteiger partial charge in [0.15, 0.2) is 0 Å². The maximum atomic E-state index is 13.9. The van der Waals surface area contributed by atoms with Crippen molar-refractivity contribution < 1.29 is 24.2 Å². The van der Waals surface area contributed by atoms with E-state index >= 15 is 0 Å². The quantitative estimate of drug-likeness (QED) is 0.658. The summed E-state index contributed by atoms with van der Waals surface area (Å²) in [6, 6.07) is 2.65. The minimum Gasteiger partial charge on any atom is -0.481 e. The van der Waals surface area contributed by atoms with Crippen LogP contribution in [-0.4, -0.2) is 40.3 Å². The first-order valence-corrected chi connectivity index (χ1v) is 7.56. The lowest BCUT2D eigenvalue weighted by Gasteiger charge is -2.41. The van der Waals surface area contributed by atoms with Crippen LogP contribution in [0.3, 0.4) is 0 Å². The third-order valence-electron chi connectivity index (χ3n) is 4.59. The minimum absolute atomic E-state index is 0.00560. The number of rotatable bonds is 4. The summed E-state index contributed by atoms with van der Waals surface area (Å²) in [5, 5.41) is 24.6. The van der Waals surface area contributed by atoms with Crippen LogP contribution < -0.4 is 10.6 Å². The van der Waals surface area contributed by atoms with E-state index in [9.17, 15) is 19.1 Å². The van der Waals surface area contributed by atoms with Crippen LogP contribution in [-0.2, 0) is 16.0 Å². The average molecular weight is 322 g/mol. The van der Waals surface area contributed by atoms with Crippen LogP contribution in [0.25, 0.3) is 0 Å². The van der Waals surface area contributed by atoms with Gasteiger partial charge in [-0.3, -0.25) is 9.59 Å². The Morgan fingerprint density at radius 3 is 2.78 bits per heavy atom. The fraction of sp³-hybridized carbons (Fsp3) is 0.500. The van der Waals surface area contributed by atoms with Gasteiger partial charge in [0, 0.05) is 24.2 Å². The van der Waals surface area contributed by atoms with Crippen molar-refractivity contribution >= 4 is 17.6 Å². The second kappa shape index (κ2) is 5.49. The molecule has 6 nitrogen and oxygen atoms in total. The number of anilines is 1. The van der Waals surface area contributed by atoms with Gasteiger partial charge in [-0.05, 0) is 37.5 Å². The summed E-state index contributed by atoms with van der Waals surface area (Å²) < 4.78 is 13.9. The Morgan fingerprint density at radius 1 is 1.43 bits per heavy atom. The van der Waals surface area contributed by atoms with Gasteiger partial charge in [0.05, 0.1) is 11.5 Å². The molecule has 1 aromatic rings. The highest BCUT2D eigenvalue weighted by atomic mass is 19.1. The number of benzene rings is 1. The van der Waals surface area contributed by atoms with Crippen molar-refractivity contribution in [3.05, 3.63) is 29.1 Å². The first kappa shape index (κ1) is 15.7. The SMILES string of the molecule is Cc1cc(F)c2c(c1)NC(C(=O)NCC1(O)CC(C(=O)O)C1)C2. The number of hydrogen-bond acceptors (Lipinski definition) is 4. The van der Waals surface area contributed by atoms with Crippen LogP contribution in [0.15, 0.2) is 12.1 Å². The number of aryl methyl sites for hydroxylation is 1. The van der Waals surface area contributed by atoms with Crippen LogP contribution in [0.1, 0.15) is 24.0 Å². The second-order valence-electron chi connectivity index (χ2n) is 6.56. The van der Waals surface area contributed by atoms with E-state index < -0.39 is 23.5 Å². The molecule has 1 saturated carbocycles. The smallest absolute Gasteiger partial charge is 0.306 e. The highest BCUT2D eigenvalue weighted by Crippen LogP contribution is 2.37. The summed E-state index contributed by atoms with van der Waals surface area (Å²) in [6.45, 7) is 1.79. The Bertz CT molecular complexity index is 670. The predicted molar refractivity (Wildman–Crippen MR) is 80.6 cm³/mol. The second-order valence-corrected chi connectivity index (χ2v) is 6.56. The number of carbonyl (C=O) groups is 2. The molecule has 4 N–H and O–H groups in total. The molecule has 23 heavy (non-hydrogen) atoms. The van der Waals surface area contributed by atoms with Crippen molar-refractivity contribution in [1.29, 1.82) is 0 Å². The Kier molecular flexibility index (Phi) is 3.75. The first-order chi connectivity index (χ1) is 10.8. The molecule has 0 bridgehead atoms. The molecule has 1 atom stereocenters. The summed E-state index contributed by atoms with van der Waals surface area (Å²) in [4.78, 5) is 22.9. The maximum Gasteiger partial charge on any atom is 0.306 e. The van der Waals surface area contributed by atoms with Crippen LogP contribution in [0, 0.1) is 18.7 Å². The topological polar surface area (TPSA) is 98.7 Å². The van der Waals surface area contributed by atoms with Gasteiger partial charge in [-0.25, -0.2) is 4.39 Å². The highest BCUT2D eigenvalue weighted by Gasteiger charge is 2.46. The van der Waals surface area contributed by atoms with Crippen molar-refractivity contribution in [2.75, 3.05) is 11.9 Å². The van der Waals surface area contributed by atoms with Gasteiger partial charge in [0.1, 0.15) is 11.9 Å². The van der Waals surface area contributed by atoms with Crippen LogP contribution >= 0.6 is 0 Å². The zero-order chi connectivity index (χ0) is 16.8. The number of amides is 1. The molecule has 1 heterocycles. The fourth-order valence-electron chi connectivity index (χ4n) is 3.26. The number of carbonyl (C=O) groups excluding carboxylic acids is 1. The number of aliphatic hydroxyl groups is 1. The zero-order valence-electron chi connectivity index (χ0n) is 12.7. The molecule has 1 unspecified atom stereocenters. The molecule has 3 rings (SSSR count). The van der Waals surface area contributed by atoms with Gasteiger partial charge in [0.25, 0.3) is 0 Å².